The van der Waals surface area contributed by atoms with Gasteiger partial charge in [-0.25, -0.2) is 0 Å². The second-order valence-corrected chi connectivity index (χ2v) is 5.56. The van der Waals surface area contributed by atoms with E-state index in [1.807, 2.05) is 44.2 Å². The molecule has 0 saturated carbocycles. The van der Waals surface area contributed by atoms with Crippen LogP contribution in [0.4, 0.5) is 0 Å². The smallest absolute Gasteiger partial charge is 0.172 e. The molecule has 2 aromatic carbocycles. The van der Waals surface area contributed by atoms with Gasteiger partial charge in [-0.3, -0.25) is 4.79 Å². The number of benzene rings is 2. The van der Waals surface area contributed by atoms with Crippen molar-refractivity contribution >= 4 is 5.78 Å². The predicted molar refractivity (Wildman–Crippen MR) is 88.0 cm³/mol. The highest BCUT2D eigenvalue weighted by Gasteiger charge is 2.17. The van der Waals surface area contributed by atoms with Gasteiger partial charge in [-0.2, -0.15) is 0 Å². The molecule has 3 nitrogen and oxygen atoms in total. The average Bonchev–Trinajstić information content (AvgIpc) is 2.48. The molecule has 0 saturated heterocycles. The number of Topliss-reactive ketones (excluding diaryl/α,β-unsaturated/α-hetero) is 1. The van der Waals surface area contributed by atoms with Crippen LogP contribution in [0.15, 0.2) is 42.5 Å². The molecule has 0 atom stereocenters. The highest BCUT2D eigenvalue weighted by Crippen LogP contribution is 2.34. The van der Waals surface area contributed by atoms with Crippen LogP contribution in [-0.4, -0.2) is 19.0 Å². The van der Waals surface area contributed by atoms with E-state index in [1.54, 1.807) is 14.0 Å². The van der Waals surface area contributed by atoms with Crippen LogP contribution in [0.5, 0.6) is 11.5 Å². The Labute approximate surface area is 131 Å². The highest BCUT2D eigenvalue weighted by atomic mass is 16.5. The molecular weight excluding hydrogens is 276 g/mol. The molecule has 3 heteroatoms. The number of ether oxygens (including phenoxy) is 2. The Balaban J connectivity index is 2.44. The van der Waals surface area contributed by atoms with Gasteiger partial charge in [0.25, 0.3) is 0 Å². The van der Waals surface area contributed by atoms with Crippen LogP contribution in [0.2, 0.25) is 0 Å². The quantitative estimate of drug-likeness (QED) is 0.747. The molecule has 0 N–H and O–H groups in total. The van der Waals surface area contributed by atoms with Gasteiger partial charge in [-0.1, -0.05) is 30.3 Å². The average molecular weight is 298 g/mol. The molecule has 0 aliphatic heterocycles. The summed E-state index contributed by atoms with van der Waals surface area (Å²) in [5.74, 6) is 1.11. The lowest BCUT2D eigenvalue weighted by Crippen LogP contribution is -2.11. The van der Waals surface area contributed by atoms with Crippen molar-refractivity contribution in [1.82, 2.24) is 0 Å². The van der Waals surface area contributed by atoms with Gasteiger partial charge in [0.1, 0.15) is 0 Å². The Morgan fingerprint density at radius 3 is 2.32 bits per heavy atom. The minimum atomic E-state index is -0.0242. The zero-order chi connectivity index (χ0) is 16.1. The number of ketones is 1. The van der Waals surface area contributed by atoms with Crippen LogP contribution in [0.25, 0.3) is 0 Å². The number of carbonyl (C=O) groups is 1. The zero-order valence-electron chi connectivity index (χ0n) is 13.6. The van der Waals surface area contributed by atoms with Gasteiger partial charge in [0, 0.05) is 0 Å². The molecule has 2 rings (SSSR count). The van der Waals surface area contributed by atoms with Crippen LogP contribution in [0.1, 0.15) is 42.3 Å². The predicted octanol–water partition coefficient (Wildman–Crippen LogP) is 4.28. The summed E-state index contributed by atoms with van der Waals surface area (Å²) in [6.07, 6.45) is 0.728. The van der Waals surface area contributed by atoms with Crippen molar-refractivity contribution < 1.29 is 14.3 Å². The molecule has 0 amide bonds. The van der Waals surface area contributed by atoms with E-state index in [0.717, 1.165) is 12.0 Å². The molecular formula is C19H22O3. The molecule has 0 aromatic heterocycles. The number of methoxy groups -OCH3 is 1. The normalized spacial score (nSPS) is 10.6. The maximum Gasteiger partial charge on any atom is 0.172 e. The summed E-state index contributed by atoms with van der Waals surface area (Å²) >= 11 is 0. The van der Waals surface area contributed by atoms with E-state index in [1.165, 1.54) is 5.56 Å². The molecule has 0 aliphatic carbocycles. The third-order valence-corrected chi connectivity index (χ3v) is 3.32. The van der Waals surface area contributed by atoms with Gasteiger partial charge >= 0.3 is 0 Å². The lowest BCUT2D eigenvalue weighted by Gasteiger charge is -2.18. The first kappa shape index (κ1) is 16.1. The molecule has 116 valence electrons. The van der Waals surface area contributed by atoms with E-state index in [4.69, 9.17) is 9.47 Å². The van der Waals surface area contributed by atoms with Gasteiger partial charge in [0.05, 0.1) is 18.8 Å². The monoisotopic (exact) mass is 298 g/mol. The van der Waals surface area contributed by atoms with Crippen molar-refractivity contribution in [1.29, 1.82) is 0 Å². The first-order valence-electron chi connectivity index (χ1n) is 7.43. The highest BCUT2D eigenvalue weighted by molar-refractivity contribution is 5.98. The first-order valence-corrected chi connectivity index (χ1v) is 7.43. The van der Waals surface area contributed by atoms with Crippen molar-refractivity contribution in [2.75, 3.05) is 7.11 Å². The molecule has 2 aromatic rings. The van der Waals surface area contributed by atoms with E-state index >= 15 is 0 Å². The van der Waals surface area contributed by atoms with Crippen LogP contribution < -0.4 is 9.47 Å². The van der Waals surface area contributed by atoms with Crippen molar-refractivity contribution in [2.45, 2.75) is 33.3 Å². The van der Waals surface area contributed by atoms with Crippen LogP contribution >= 0.6 is 0 Å². The Morgan fingerprint density at radius 1 is 1.09 bits per heavy atom. The lowest BCUT2D eigenvalue weighted by atomic mass is 10.00. The molecule has 22 heavy (non-hydrogen) atoms. The number of hydrogen-bond donors (Lipinski definition) is 0. The Morgan fingerprint density at radius 2 is 1.77 bits per heavy atom. The molecule has 0 fully saturated rings. The summed E-state index contributed by atoms with van der Waals surface area (Å²) in [4.78, 5) is 12.0. The van der Waals surface area contributed by atoms with Crippen molar-refractivity contribution in [3.8, 4) is 11.5 Å². The third kappa shape index (κ3) is 3.88. The molecule has 0 heterocycles. The largest absolute Gasteiger partial charge is 0.493 e. The minimum Gasteiger partial charge on any atom is -0.493 e. The summed E-state index contributed by atoms with van der Waals surface area (Å²) < 4.78 is 11.2. The maximum absolute atomic E-state index is 12.0. The fourth-order valence-electron chi connectivity index (χ4n) is 2.36. The number of carbonyl (C=O) groups excluding carboxylic acids is 1. The standard InChI is InChI=1S/C19H22O3/c1-13(2)22-19-17(14(3)20)11-16(12-18(19)21-4)10-15-8-6-5-7-9-15/h5-9,11-13H,10H2,1-4H3. The van der Waals surface area contributed by atoms with E-state index < -0.39 is 0 Å². The van der Waals surface area contributed by atoms with Crippen LogP contribution in [0.3, 0.4) is 0 Å². The van der Waals surface area contributed by atoms with E-state index in [-0.39, 0.29) is 11.9 Å². The Hall–Kier alpha value is -2.29. The number of hydrogen-bond acceptors (Lipinski definition) is 3. The minimum absolute atomic E-state index is 0.0213. The summed E-state index contributed by atoms with van der Waals surface area (Å²) in [5, 5.41) is 0. The molecule has 0 bridgehead atoms. The topological polar surface area (TPSA) is 35.5 Å². The zero-order valence-corrected chi connectivity index (χ0v) is 13.6. The van der Waals surface area contributed by atoms with Gasteiger partial charge in [0.2, 0.25) is 0 Å². The van der Waals surface area contributed by atoms with Crippen molar-refractivity contribution in [3.05, 3.63) is 59.2 Å². The van der Waals surface area contributed by atoms with Crippen molar-refractivity contribution in [3.63, 3.8) is 0 Å². The fraction of sp³-hybridized carbons (Fsp3) is 0.316. The summed E-state index contributed by atoms with van der Waals surface area (Å²) in [7, 11) is 1.60. The van der Waals surface area contributed by atoms with Gasteiger partial charge < -0.3 is 9.47 Å². The molecule has 0 spiro atoms. The van der Waals surface area contributed by atoms with Crippen LogP contribution in [0, 0.1) is 0 Å². The summed E-state index contributed by atoms with van der Waals surface area (Å²) in [5.41, 5.74) is 2.79. The first-order chi connectivity index (χ1) is 10.5. The van der Waals surface area contributed by atoms with Gasteiger partial charge in [-0.05, 0) is 50.5 Å². The Bertz CT molecular complexity index is 645. The van der Waals surface area contributed by atoms with Crippen LogP contribution in [-0.2, 0) is 6.42 Å². The third-order valence-electron chi connectivity index (χ3n) is 3.32. The van der Waals surface area contributed by atoms with E-state index in [9.17, 15) is 4.79 Å². The summed E-state index contributed by atoms with van der Waals surface area (Å²) in [6.45, 7) is 5.41. The maximum atomic E-state index is 12.0. The summed E-state index contributed by atoms with van der Waals surface area (Å²) in [6, 6.07) is 14.0. The molecule has 0 unspecified atom stereocenters. The Kier molecular flexibility index (Phi) is 5.21. The van der Waals surface area contributed by atoms with E-state index in [2.05, 4.69) is 12.1 Å². The molecule has 0 radical (unpaired) electrons. The number of rotatable bonds is 6. The van der Waals surface area contributed by atoms with Crippen molar-refractivity contribution in [2.24, 2.45) is 0 Å². The van der Waals surface area contributed by atoms with Gasteiger partial charge in [-0.15, -0.1) is 0 Å². The fourth-order valence-corrected chi connectivity index (χ4v) is 2.36. The second kappa shape index (κ2) is 7.12. The molecule has 0 aliphatic rings. The second-order valence-electron chi connectivity index (χ2n) is 5.56. The lowest BCUT2D eigenvalue weighted by molar-refractivity contribution is 0.101. The SMILES string of the molecule is COc1cc(Cc2ccccc2)cc(C(C)=O)c1OC(C)C. The van der Waals surface area contributed by atoms with Gasteiger partial charge in [0.15, 0.2) is 17.3 Å². The van der Waals surface area contributed by atoms with E-state index in [0.29, 0.717) is 17.1 Å².